The number of Topliss-reactive ketones (excluding diaryl/α,β-unsaturated/α-hetero) is 1. The Morgan fingerprint density at radius 2 is 1.67 bits per heavy atom. The standard InChI is InChI=1S/C21H31BNO6S/c1-20(2,3)27-18(25)16(23-19(26)28-21(4,5)6)8-7-9-17(24)14-10-12-15(13-11-14)29-30-22/h10-13,16,22H,7-9H2,1-6H3,(H,23,26)/t16-/m0/s1/i22T. The maximum Gasteiger partial charge on any atom is 0.408 e. The fourth-order valence-corrected chi connectivity index (χ4v) is 2.66. The molecule has 0 aromatic heterocycles. The summed E-state index contributed by atoms with van der Waals surface area (Å²) in [7, 11) is 1.06. The summed E-state index contributed by atoms with van der Waals surface area (Å²) in [5.74, 6) is -0.126. The van der Waals surface area contributed by atoms with E-state index in [1.807, 2.05) is 0 Å². The van der Waals surface area contributed by atoms with Crippen molar-refractivity contribution in [2.24, 2.45) is 0 Å². The second-order valence-corrected chi connectivity index (χ2v) is 9.11. The van der Waals surface area contributed by atoms with Gasteiger partial charge in [0.2, 0.25) is 7.09 Å². The second-order valence-electron chi connectivity index (χ2n) is 8.75. The van der Waals surface area contributed by atoms with Crippen LogP contribution in [-0.2, 0) is 14.3 Å². The number of nitrogens with one attached hydrogen (secondary N) is 1. The van der Waals surface area contributed by atoms with Crippen LogP contribution >= 0.6 is 11.9 Å². The zero-order valence-electron chi connectivity index (χ0n) is 19.4. The van der Waals surface area contributed by atoms with E-state index in [0.717, 1.165) is 19.0 Å². The van der Waals surface area contributed by atoms with Crippen LogP contribution < -0.4 is 9.50 Å². The number of alkyl carbamates (subject to hydrolysis) is 1. The number of carbonyl (C=O) groups is 3. The van der Waals surface area contributed by atoms with Crippen molar-refractivity contribution in [1.29, 1.82) is 1.34 Å². The third kappa shape index (κ3) is 10.6. The minimum Gasteiger partial charge on any atom is -0.458 e. The summed E-state index contributed by atoms with van der Waals surface area (Å²) in [6.07, 6.45) is 0.0930. The van der Waals surface area contributed by atoms with Gasteiger partial charge in [0.1, 0.15) is 23.0 Å². The van der Waals surface area contributed by atoms with Gasteiger partial charge in [0.25, 0.3) is 0 Å². The van der Waals surface area contributed by atoms with Gasteiger partial charge in [0.15, 0.2) is 5.78 Å². The molecule has 0 aliphatic heterocycles. The molecule has 0 fully saturated rings. The first kappa shape index (κ1) is 24.1. The molecule has 0 saturated heterocycles. The lowest BCUT2D eigenvalue weighted by molar-refractivity contribution is -0.157. The van der Waals surface area contributed by atoms with Gasteiger partial charge in [-0.2, -0.15) is 0 Å². The van der Waals surface area contributed by atoms with Gasteiger partial charge in [-0.3, -0.25) is 4.79 Å². The predicted octanol–water partition coefficient (Wildman–Crippen LogP) is 4.12. The fraction of sp³-hybridized carbons (Fsp3) is 0.571. The van der Waals surface area contributed by atoms with Crippen molar-refractivity contribution in [2.75, 3.05) is 0 Å². The summed E-state index contributed by atoms with van der Waals surface area (Å²) in [5.41, 5.74) is -0.896. The Labute approximate surface area is 185 Å². The topological polar surface area (TPSA) is 90.9 Å². The Bertz CT molecular complexity index is 746. The van der Waals surface area contributed by atoms with Crippen molar-refractivity contribution in [1.82, 2.24) is 5.32 Å². The normalized spacial score (nSPS) is 12.9. The monoisotopic (exact) mass is 438 g/mol. The van der Waals surface area contributed by atoms with Gasteiger partial charge in [-0.05, 0) is 91.9 Å². The summed E-state index contributed by atoms with van der Waals surface area (Å²) < 4.78 is 22.8. The Balaban J connectivity index is 2.68. The summed E-state index contributed by atoms with van der Waals surface area (Å²) in [6.45, 7) is 10.4. The van der Waals surface area contributed by atoms with Crippen LogP contribution in [0.15, 0.2) is 24.3 Å². The lowest BCUT2D eigenvalue weighted by Gasteiger charge is -2.26. The Hall–Kier alpha value is -2.16. The largest absolute Gasteiger partial charge is 0.458 e. The van der Waals surface area contributed by atoms with Crippen LogP contribution in [0.2, 0.25) is 0 Å². The van der Waals surface area contributed by atoms with Crippen molar-refractivity contribution in [2.45, 2.75) is 78.0 Å². The van der Waals surface area contributed by atoms with Crippen molar-refractivity contribution in [3.63, 3.8) is 0 Å². The number of benzene rings is 1. The van der Waals surface area contributed by atoms with Crippen LogP contribution in [0.25, 0.3) is 0 Å². The summed E-state index contributed by atoms with van der Waals surface area (Å²) in [5, 5.41) is 2.55. The van der Waals surface area contributed by atoms with E-state index in [2.05, 4.69) is 5.32 Å². The Kier molecular flexibility index (Phi) is 9.08. The molecule has 1 atom stereocenters. The lowest BCUT2D eigenvalue weighted by atomic mass is 10.0. The van der Waals surface area contributed by atoms with E-state index in [4.69, 9.17) is 15.0 Å². The molecule has 30 heavy (non-hydrogen) atoms. The average Bonchev–Trinajstić information content (AvgIpc) is 2.63. The third-order valence-corrected chi connectivity index (χ3v) is 3.89. The molecule has 0 unspecified atom stereocenters. The molecule has 0 spiro atoms. The van der Waals surface area contributed by atoms with Gasteiger partial charge in [-0.25, -0.2) is 9.59 Å². The number of carbonyl (C=O) groups excluding carboxylic acids is 3. The molecule has 1 aromatic carbocycles. The molecule has 1 aromatic rings. The van der Waals surface area contributed by atoms with Crippen LogP contribution in [0, 0.1) is 0 Å². The van der Waals surface area contributed by atoms with E-state index in [9.17, 15) is 14.4 Å². The number of amides is 1. The van der Waals surface area contributed by atoms with E-state index in [1.54, 1.807) is 65.8 Å². The molecule has 165 valence electrons. The first-order valence-corrected chi connectivity index (χ1v) is 10.5. The Morgan fingerprint density at radius 3 is 2.20 bits per heavy atom. The number of ketones is 1. The molecule has 7 nitrogen and oxygen atoms in total. The molecule has 1 N–H and O–H groups in total. The first-order valence-electron chi connectivity index (χ1n) is 10.3. The van der Waals surface area contributed by atoms with E-state index in [1.165, 1.54) is 0 Å². The number of esters is 1. The molecule has 9 heteroatoms. The van der Waals surface area contributed by atoms with E-state index >= 15 is 0 Å². The van der Waals surface area contributed by atoms with Gasteiger partial charge in [0.05, 0.1) is 0 Å². The van der Waals surface area contributed by atoms with Crippen molar-refractivity contribution in [3.05, 3.63) is 29.8 Å². The molecule has 0 heterocycles. The van der Waals surface area contributed by atoms with E-state index in [0.29, 0.717) is 17.7 Å². The molecular weight excluding hydrogens is 405 g/mol. The highest BCUT2D eigenvalue weighted by Gasteiger charge is 2.28. The maximum absolute atomic E-state index is 12.5. The van der Waals surface area contributed by atoms with Crippen LogP contribution in [0.1, 0.15) is 71.2 Å². The van der Waals surface area contributed by atoms with Gasteiger partial charge < -0.3 is 19.0 Å². The number of rotatable bonds is 10. The smallest absolute Gasteiger partial charge is 0.408 e. The highest BCUT2D eigenvalue weighted by atomic mass is 32.2. The molecule has 1 rings (SSSR count). The number of hydrogen-bond acceptors (Lipinski definition) is 7. The van der Waals surface area contributed by atoms with Crippen molar-refractivity contribution >= 4 is 36.8 Å². The summed E-state index contributed by atoms with van der Waals surface area (Å²) in [6, 6.07) is 5.67. The average molecular weight is 438 g/mol. The number of hydrogen-bond donors (Lipinski definition) is 1. The minimum atomic E-state index is -0.921. The Morgan fingerprint density at radius 1 is 1.07 bits per heavy atom. The third-order valence-electron chi connectivity index (χ3n) is 3.60. The molecule has 1 amide bonds. The molecule has 0 saturated carbocycles. The highest BCUT2D eigenvalue weighted by molar-refractivity contribution is 8.16. The van der Waals surface area contributed by atoms with Crippen LogP contribution in [0.3, 0.4) is 0 Å². The quantitative estimate of drug-likeness (QED) is 0.254. The predicted molar refractivity (Wildman–Crippen MR) is 119 cm³/mol. The van der Waals surface area contributed by atoms with E-state index < -0.39 is 29.3 Å². The summed E-state index contributed by atoms with van der Waals surface area (Å²) in [4.78, 5) is 37.1. The highest BCUT2D eigenvalue weighted by Crippen LogP contribution is 2.18. The SMILES string of the molecule is [3H][B]SOc1ccc(C(=O)CCC[C@H](NC(=O)OC(C)(C)C)C(=O)OC(C)(C)C)cc1. The van der Waals surface area contributed by atoms with Gasteiger partial charge in [-0.15, -0.1) is 0 Å². The van der Waals surface area contributed by atoms with Gasteiger partial charge >= 0.3 is 12.1 Å². The summed E-state index contributed by atoms with van der Waals surface area (Å²) >= 11 is 0.875. The van der Waals surface area contributed by atoms with Gasteiger partial charge in [0, 0.05) is 12.0 Å². The molecular formula is C21H31BNO6S. The molecule has 0 aliphatic carbocycles. The molecule has 1 radical (unpaired) electrons. The minimum absolute atomic E-state index is 0.0912. The number of ether oxygens (including phenoxy) is 2. The second kappa shape index (κ2) is 11.3. The molecule has 0 aliphatic rings. The van der Waals surface area contributed by atoms with Crippen LogP contribution in [0.5, 0.6) is 5.75 Å². The van der Waals surface area contributed by atoms with Crippen LogP contribution in [-0.4, -0.2) is 43.5 Å². The first-order chi connectivity index (χ1) is 14.3. The molecule has 0 bridgehead atoms. The maximum atomic E-state index is 12.5. The van der Waals surface area contributed by atoms with E-state index in [-0.39, 0.29) is 18.6 Å². The van der Waals surface area contributed by atoms with Crippen LogP contribution in [0.4, 0.5) is 4.79 Å². The van der Waals surface area contributed by atoms with Crippen molar-refractivity contribution in [3.8, 4) is 5.75 Å². The van der Waals surface area contributed by atoms with Crippen molar-refractivity contribution < 1.29 is 28.0 Å². The van der Waals surface area contributed by atoms with Gasteiger partial charge in [-0.1, -0.05) is 0 Å². The lowest BCUT2D eigenvalue weighted by Crippen LogP contribution is -2.46. The zero-order chi connectivity index (χ0) is 23.7. The zero-order valence-corrected chi connectivity index (χ0v) is 19.3. The fourth-order valence-electron chi connectivity index (χ4n) is 2.43.